The van der Waals surface area contributed by atoms with E-state index < -0.39 is 42.8 Å². The van der Waals surface area contributed by atoms with Crippen molar-refractivity contribution in [2.75, 3.05) is 37.7 Å². The van der Waals surface area contributed by atoms with Crippen molar-refractivity contribution in [3.8, 4) is 0 Å². The number of aliphatic hydroxyl groups excluding tert-OH is 2. The van der Waals surface area contributed by atoms with Crippen molar-refractivity contribution in [2.45, 2.75) is 37.7 Å². The van der Waals surface area contributed by atoms with Crippen molar-refractivity contribution >= 4 is 11.7 Å². The SMILES string of the molecule is CCCCN(C(=O)N(CCO)CCO)c1ccc(C(O)(C(F)(F)F)C(F)(F)F)cc1. The highest BCUT2D eigenvalue weighted by molar-refractivity contribution is 5.92. The average molecular weight is 446 g/mol. The third-order valence-electron chi connectivity index (χ3n) is 4.39. The number of hydrogen-bond acceptors (Lipinski definition) is 4. The standard InChI is InChI=1S/C18H24F6N2O4/c1-2-3-8-26(15(29)25(9-11-27)10-12-28)14-6-4-13(5-7-14)16(30,17(19,20)21)18(22,23)24/h4-7,27-28,30H,2-3,8-12H2,1H3. The van der Waals surface area contributed by atoms with E-state index in [9.17, 15) is 36.2 Å². The first-order valence-electron chi connectivity index (χ1n) is 9.09. The largest absolute Gasteiger partial charge is 0.430 e. The van der Waals surface area contributed by atoms with Crippen molar-refractivity contribution < 1.29 is 46.5 Å². The van der Waals surface area contributed by atoms with Gasteiger partial charge in [-0.3, -0.25) is 4.90 Å². The predicted molar refractivity (Wildman–Crippen MR) is 95.8 cm³/mol. The van der Waals surface area contributed by atoms with Gasteiger partial charge < -0.3 is 20.2 Å². The third kappa shape index (κ3) is 5.55. The number of carbonyl (C=O) groups is 1. The topological polar surface area (TPSA) is 84.2 Å². The number of carbonyl (C=O) groups excluding carboxylic acids is 1. The lowest BCUT2D eigenvalue weighted by atomic mass is 9.92. The van der Waals surface area contributed by atoms with Crippen LogP contribution in [0.15, 0.2) is 24.3 Å². The van der Waals surface area contributed by atoms with Crippen LogP contribution >= 0.6 is 0 Å². The van der Waals surface area contributed by atoms with Crippen LogP contribution in [0.4, 0.5) is 36.8 Å². The zero-order chi connectivity index (χ0) is 23.2. The molecule has 0 spiro atoms. The van der Waals surface area contributed by atoms with Crippen LogP contribution in [0.25, 0.3) is 0 Å². The Balaban J connectivity index is 3.34. The Bertz CT molecular complexity index is 659. The second kappa shape index (κ2) is 10.3. The lowest BCUT2D eigenvalue weighted by molar-refractivity contribution is -0.376. The Labute approximate surface area is 169 Å². The number of anilines is 1. The van der Waals surface area contributed by atoms with Crippen molar-refractivity contribution in [2.24, 2.45) is 0 Å². The summed E-state index contributed by atoms with van der Waals surface area (Å²) in [7, 11) is 0. The van der Waals surface area contributed by atoms with Gasteiger partial charge in [-0.15, -0.1) is 0 Å². The first-order chi connectivity index (χ1) is 13.8. The summed E-state index contributed by atoms with van der Waals surface area (Å²) in [4.78, 5) is 15.0. The number of halogens is 6. The number of hydrogen-bond donors (Lipinski definition) is 3. The Hall–Kier alpha value is -2.05. The molecule has 12 heteroatoms. The maximum absolute atomic E-state index is 13.0. The Kier molecular flexibility index (Phi) is 8.93. The number of aliphatic hydroxyl groups is 3. The predicted octanol–water partition coefficient (Wildman–Crippen LogP) is 3.01. The monoisotopic (exact) mass is 446 g/mol. The molecule has 3 N–H and O–H groups in total. The van der Waals surface area contributed by atoms with Crippen LogP contribution in [-0.2, 0) is 5.60 Å². The number of unbranched alkanes of at least 4 members (excludes halogenated alkanes) is 1. The number of rotatable bonds is 9. The molecule has 0 atom stereocenters. The second-order valence-electron chi connectivity index (χ2n) is 6.47. The molecule has 6 nitrogen and oxygen atoms in total. The van der Waals surface area contributed by atoms with E-state index in [0.717, 1.165) is 21.9 Å². The van der Waals surface area contributed by atoms with Crippen molar-refractivity contribution in [1.82, 2.24) is 4.90 Å². The van der Waals surface area contributed by atoms with Crippen LogP contribution in [0, 0.1) is 0 Å². The van der Waals surface area contributed by atoms with E-state index in [-0.39, 0.29) is 25.3 Å². The summed E-state index contributed by atoms with van der Waals surface area (Å²) in [6.07, 6.45) is -10.9. The van der Waals surface area contributed by atoms with E-state index >= 15 is 0 Å². The number of alkyl halides is 6. The summed E-state index contributed by atoms with van der Waals surface area (Å²) in [6, 6.07) is 2.00. The molecular weight excluding hydrogens is 422 g/mol. The molecule has 30 heavy (non-hydrogen) atoms. The van der Waals surface area contributed by atoms with E-state index in [1.165, 1.54) is 0 Å². The molecule has 0 bridgehead atoms. The normalized spacial score (nSPS) is 12.7. The summed E-state index contributed by atoms with van der Waals surface area (Å²) in [5.41, 5.74) is -6.49. The summed E-state index contributed by atoms with van der Waals surface area (Å²) in [6.45, 7) is 0.861. The zero-order valence-electron chi connectivity index (χ0n) is 16.2. The number of benzene rings is 1. The quantitative estimate of drug-likeness (QED) is 0.510. The molecule has 1 aromatic rings. The average Bonchev–Trinajstić information content (AvgIpc) is 2.66. The lowest BCUT2D eigenvalue weighted by Gasteiger charge is -2.33. The van der Waals surface area contributed by atoms with Gasteiger partial charge >= 0.3 is 18.4 Å². The Morgan fingerprint density at radius 2 is 1.37 bits per heavy atom. The minimum absolute atomic E-state index is 0.00442. The van der Waals surface area contributed by atoms with Gasteiger partial charge in [0.25, 0.3) is 5.60 Å². The first-order valence-corrected chi connectivity index (χ1v) is 9.09. The highest BCUT2D eigenvalue weighted by Crippen LogP contribution is 2.50. The van der Waals surface area contributed by atoms with Gasteiger partial charge in [-0.25, -0.2) is 4.79 Å². The van der Waals surface area contributed by atoms with Crippen LogP contribution in [0.2, 0.25) is 0 Å². The van der Waals surface area contributed by atoms with Crippen molar-refractivity contribution in [3.63, 3.8) is 0 Å². The molecule has 0 aliphatic rings. The molecule has 172 valence electrons. The third-order valence-corrected chi connectivity index (χ3v) is 4.39. The lowest BCUT2D eigenvalue weighted by Crippen LogP contribution is -2.53. The van der Waals surface area contributed by atoms with Crippen LogP contribution < -0.4 is 4.90 Å². The number of urea groups is 1. The Morgan fingerprint density at radius 3 is 1.73 bits per heavy atom. The molecule has 0 saturated heterocycles. The smallest absolute Gasteiger partial charge is 0.395 e. The number of nitrogens with zero attached hydrogens (tertiary/aromatic N) is 2. The second-order valence-corrected chi connectivity index (χ2v) is 6.47. The summed E-state index contributed by atoms with van der Waals surface area (Å²) < 4.78 is 78.2. The summed E-state index contributed by atoms with van der Waals surface area (Å²) >= 11 is 0. The van der Waals surface area contributed by atoms with E-state index in [2.05, 4.69) is 0 Å². The van der Waals surface area contributed by atoms with Gasteiger partial charge in [0, 0.05) is 30.9 Å². The molecule has 0 heterocycles. The zero-order valence-corrected chi connectivity index (χ0v) is 16.2. The molecule has 0 aliphatic heterocycles. The van der Waals surface area contributed by atoms with Gasteiger partial charge in [0.05, 0.1) is 13.2 Å². The maximum atomic E-state index is 13.0. The molecule has 2 amide bonds. The highest BCUT2D eigenvalue weighted by atomic mass is 19.4. The van der Waals surface area contributed by atoms with Gasteiger partial charge in [-0.1, -0.05) is 25.5 Å². The van der Waals surface area contributed by atoms with E-state index in [1.807, 2.05) is 6.92 Å². The first kappa shape index (κ1) is 26.0. The molecule has 0 saturated carbocycles. The van der Waals surface area contributed by atoms with Crippen LogP contribution in [0.5, 0.6) is 0 Å². The highest BCUT2D eigenvalue weighted by Gasteiger charge is 2.71. The molecule has 0 unspecified atom stereocenters. The summed E-state index contributed by atoms with van der Waals surface area (Å²) in [5, 5.41) is 27.6. The van der Waals surface area contributed by atoms with Crippen LogP contribution in [-0.4, -0.2) is 71.5 Å². The molecule has 0 fully saturated rings. The van der Waals surface area contributed by atoms with Gasteiger partial charge in [0.1, 0.15) is 0 Å². The van der Waals surface area contributed by atoms with Gasteiger partial charge in [0.15, 0.2) is 0 Å². The van der Waals surface area contributed by atoms with E-state index in [1.54, 1.807) is 0 Å². The fourth-order valence-electron chi connectivity index (χ4n) is 2.74. The Morgan fingerprint density at radius 1 is 0.900 bits per heavy atom. The van der Waals surface area contributed by atoms with Crippen LogP contribution in [0.3, 0.4) is 0 Å². The number of amides is 2. The molecule has 0 radical (unpaired) electrons. The molecular formula is C18H24F6N2O4. The fraction of sp³-hybridized carbons (Fsp3) is 0.611. The van der Waals surface area contributed by atoms with E-state index in [0.29, 0.717) is 25.0 Å². The summed E-state index contributed by atoms with van der Waals surface area (Å²) in [5.74, 6) is 0. The molecule has 0 aliphatic carbocycles. The van der Waals surface area contributed by atoms with Gasteiger partial charge in [-0.2, -0.15) is 26.3 Å². The van der Waals surface area contributed by atoms with E-state index in [4.69, 9.17) is 10.2 Å². The van der Waals surface area contributed by atoms with Crippen molar-refractivity contribution in [3.05, 3.63) is 29.8 Å². The molecule has 1 rings (SSSR count). The van der Waals surface area contributed by atoms with Gasteiger partial charge in [-0.05, 0) is 18.6 Å². The van der Waals surface area contributed by atoms with Gasteiger partial charge in [0.2, 0.25) is 0 Å². The minimum atomic E-state index is -6.01. The van der Waals surface area contributed by atoms with Crippen molar-refractivity contribution in [1.29, 1.82) is 0 Å². The van der Waals surface area contributed by atoms with Crippen LogP contribution in [0.1, 0.15) is 25.3 Å². The minimum Gasteiger partial charge on any atom is -0.395 e. The molecule has 0 aromatic heterocycles. The molecule has 1 aromatic carbocycles. The fourth-order valence-corrected chi connectivity index (χ4v) is 2.74. The maximum Gasteiger partial charge on any atom is 0.430 e.